The third-order valence-electron chi connectivity index (χ3n) is 4.26. The highest BCUT2D eigenvalue weighted by Crippen LogP contribution is 2.25. The van der Waals surface area contributed by atoms with E-state index in [1.807, 2.05) is 36.4 Å². The SMILES string of the molecule is COc1cc2ccccc2cc1C(=O)NCCc1ccc(S(N)(=O)=O)cc1. The van der Waals surface area contributed by atoms with Gasteiger partial charge in [-0.3, -0.25) is 4.79 Å². The average Bonchev–Trinajstić information content (AvgIpc) is 2.66. The maximum Gasteiger partial charge on any atom is 0.255 e. The molecule has 0 atom stereocenters. The summed E-state index contributed by atoms with van der Waals surface area (Å²) in [6.45, 7) is 0.406. The van der Waals surface area contributed by atoms with E-state index in [4.69, 9.17) is 9.88 Å². The van der Waals surface area contributed by atoms with Crippen molar-refractivity contribution >= 4 is 26.7 Å². The number of primary sulfonamides is 1. The van der Waals surface area contributed by atoms with Gasteiger partial charge in [-0.25, -0.2) is 13.6 Å². The zero-order valence-electron chi connectivity index (χ0n) is 14.8. The van der Waals surface area contributed by atoms with E-state index in [-0.39, 0.29) is 10.8 Å². The number of benzene rings is 3. The van der Waals surface area contributed by atoms with E-state index in [0.29, 0.717) is 24.3 Å². The number of nitrogens with one attached hydrogen (secondary N) is 1. The fraction of sp³-hybridized carbons (Fsp3) is 0.150. The predicted molar refractivity (Wildman–Crippen MR) is 104 cm³/mol. The molecule has 3 rings (SSSR count). The molecule has 140 valence electrons. The number of rotatable bonds is 6. The smallest absolute Gasteiger partial charge is 0.255 e. The van der Waals surface area contributed by atoms with Crippen LogP contribution in [0.3, 0.4) is 0 Å². The second-order valence-corrected chi connectivity index (χ2v) is 7.66. The molecule has 0 saturated heterocycles. The lowest BCUT2D eigenvalue weighted by Crippen LogP contribution is -2.26. The minimum absolute atomic E-state index is 0.0659. The molecule has 3 aromatic carbocycles. The molecule has 0 saturated carbocycles. The van der Waals surface area contributed by atoms with E-state index < -0.39 is 10.0 Å². The molecular formula is C20H20N2O4S. The van der Waals surface area contributed by atoms with E-state index >= 15 is 0 Å². The van der Waals surface area contributed by atoms with Gasteiger partial charge in [0.25, 0.3) is 5.91 Å². The lowest BCUT2D eigenvalue weighted by molar-refractivity contribution is 0.0951. The molecule has 0 radical (unpaired) electrons. The highest BCUT2D eigenvalue weighted by Gasteiger charge is 2.13. The normalized spacial score (nSPS) is 11.3. The van der Waals surface area contributed by atoms with E-state index in [1.54, 1.807) is 12.1 Å². The van der Waals surface area contributed by atoms with Gasteiger partial charge in [0, 0.05) is 6.54 Å². The molecule has 3 aromatic rings. The third kappa shape index (κ3) is 4.45. The lowest BCUT2D eigenvalue weighted by atomic mass is 10.1. The first-order valence-corrected chi connectivity index (χ1v) is 9.90. The third-order valence-corrected chi connectivity index (χ3v) is 5.19. The summed E-state index contributed by atoms with van der Waals surface area (Å²) in [5, 5.41) is 9.91. The van der Waals surface area contributed by atoms with Crippen molar-refractivity contribution in [2.45, 2.75) is 11.3 Å². The first kappa shape index (κ1) is 18.9. The molecular weight excluding hydrogens is 364 g/mol. The van der Waals surface area contributed by atoms with Crippen molar-refractivity contribution < 1.29 is 17.9 Å². The van der Waals surface area contributed by atoms with Crippen molar-refractivity contribution in [2.75, 3.05) is 13.7 Å². The highest BCUT2D eigenvalue weighted by molar-refractivity contribution is 7.89. The summed E-state index contributed by atoms with van der Waals surface area (Å²) in [5.74, 6) is 0.294. The fourth-order valence-corrected chi connectivity index (χ4v) is 3.34. The molecule has 1 amide bonds. The Labute approximate surface area is 158 Å². The van der Waals surface area contributed by atoms with Gasteiger partial charge in [0.1, 0.15) is 5.75 Å². The van der Waals surface area contributed by atoms with Gasteiger partial charge in [-0.1, -0.05) is 36.4 Å². The molecule has 0 aromatic heterocycles. The van der Waals surface area contributed by atoms with Crippen molar-refractivity contribution in [1.82, 2.24) is 5.32 Å². The molecule has 0 unspecified atom stereocenters. The first-order chi connectivity index (χ1) is 12.9. The summed E-state index contributed by atoms with van der Waals surface area (Å²) in [7, 11) is -2.16. The molecule has 0 aliphatic carbocycles. The van der Waals surface area contributed by atoms with Gasteiger partial charge in [-0.15, -0.1) is 0 Å². The number of methoxy groups -OCH3 is 1. The van der Waals surface area contributed by atoms with Crippen LogP contribution in [0, 0.1) is 0 Å². The molecule has 0 heterocycles. The Hall–Kier alpha value is -2.90. The van der Waals surface area contributed by atoms with Crippen LogP contribution in [0.25, 0.3) is 10.8 Å². The Bertz CT molecular complexity index is 1080. The summed E-state index contributed by atoms with van der Waals surface area (Å²) < 4.78 is 27.9. The van der Waals surface area contributed by atoms with Gasteiger partial charge < -0.3 is 10.1 Å². The average molecular weight is 384 g/mol. The van der Waals surface area contributed by atoms with Crippen LogP contribution in [-0.2, 0) is 16.4 Å². The molecule has 0 fully saturated rings. The number of sulfonamides is 1. The summed E-state index contributed by atoms with van der Waals surface area (Å²) in [4.78, 5) is 12.6. The van der Waals surface area contributed by atoms with Crippen LogP contribution >= 0.6 is 0 Å². The quantitative estimate of drug-likeness (QED) is 0.682. The topological polar surface area (TPSA) is 98.5 Å². The van der Waals surface area contributed by atoms with Crippen molar-refractivity contribution in [3.63, 3.8) is 0 Å². The molecule has 6 nitrogen and oxygen atoms in total. The minimum Gasteiger partial charge on any atom is -0.496 e. The van der Waals surface area contributed by atoms with Crippen molar-refractivity contribution in [2.24, 2.45) is 5.14 Å². The van der Waals surface area contributed by atoms with Crippen molar-refractivity contribution in [3.05, 3.63) is 71.8 Å². The van der Waals surface area contributed by atoms with Crippen molar-refractivity contribution in [3.8, 4) is 5.75 Å². The lowest BCUT2D eigenvalue weighted by Gasteiger charge is -2.11. The second kappa shape index (κ2) is 7.77. The second-order valence-electron chi connectivity index (χ2n) is 6.09. The van der Waals surface area contributed by atoms with Crippen LogP contribution in [0.4, 0.5) is 0 Å². The number of hydrogen-bond donors (Lipinski definition) is 2. The van der Waals surface area contributed by atoms with Gasteiger partial charge >= 0.3 is 0 Å². The molecule has 0 aliphatic heterocycles. The van der Waals surface area contributed by atoms with Crippen LogP contribution < -0.4 is 15.2 Å². The summed E-state index contributed by atoms with van der Waals surface area (Å²) in [5.41, 5.74) is 1.37. The standard InChI is InChI=1S/C20H20N2O4S/c1-26-19-13-16-5-3-2-4-15(16)12-18(19)20(23)22-11-10-14-6-8-17(9-7-14)27(21,24)25/h2-9,12-13H,10-11H2,1H3,(H,22,23)(H2,21,24,25). The molecule has 7 heteroatoms. The highest BCUT2D eigenvalue weighted by atomic mass is 32.2. The molecule has 0 spiro atoms. The molecule has 0 aliphatic rings. The van der Waals surface area contributed by atoms with Gasteiger partial charge in [0.15, 0.2) is 0 Å². The Morgan fingerprint density at radius 2 is 1.67 bits per heavy atom. The van der Waals surface area contributed by atoms with Crippen LogP contribution in [0.15, 0.2) is 65.6 Å². The Morgan fingerprint density at radius 3 is 2.26 bits per heavy atom. The number of amides is 1. The number of carbonyl (C=O) groups excluding carboxylic acids is 1. The van der Waals surface area contributed by atoms with Gasteiger partial charge in [-0.2, -0.15) is 0 Å². The van der Waals surface area contributed by atoms with E-state index in [2.05, 4.69) is 5.32 Å². The van der Waals surface area contributed by atoms with Crippen LogP contribution in [-0.4, -0.2) is 28.0 Å². The summed E-state index contributed by atoms with van der Waals surface area (Å²) >= 11 is 0. The number of hydrogen-bond acceptors (Lipinski definition) is 4. The molecule has 27 heavy (non-hydrogen) atoms. The number of carbonyl (C=O) groups is 1. The monoisotopic (exact) mass is 384 g/mol. The van der Waals surface area contributed by atoms with Crippen LogP contribution in [0.5, 0.6) is 5.75 Å². The first-order valence-electron chi connectivity index (χ1n) is 8.35. The van der Waals surface area contributed by atoms with Crippen LogP contribution in [0.1, 0.15) is 15.9 Å². The van der Waals surface area contributed by atoms with Gasteiger partial charge in [0.2, 0.25) is 10.0 Å². The largest absolute Gasteiger partial charge is 0.496 e. The zero-order valence-corrected chi connectivity index (χ0v) is 15.6. The minimum atomic E-state index is -3.70. The number of ether oxygens (including phenoxy) is 1. The molecule has 0 bridgehead atoms. The van der Waals surface area contributed by atoms with Gasteiger partial charge in [-0.05, 0) is 47.0 Å². The van der Waals surface area contributed by atoms with E-state index in [9.17, 15) is 13.2 Å². The predicted octanol–water partition coefficient (Wildman–Crippen LogP) is 2.47. The Balaban J connectivity index is 1.68. The van der Waals surface area contributed by atoms with E-state index in [1.165, 1.54) is 19.2 Å². The summed E-state index contributed by atoms with van der Waals surface area (Å²) in [6, 6.07) is 17.7. The van der Waals surface area contributed by atoms with Gasteiger partial charge in [0.05, 0.1) is 17.6 Å². The van der Waals surface area contributed by atoms with Crippen LogP contribution in [0.2, 0.25) is 0 Å². The van der Waals surface area contributed by atoms with E-state index in [0.717, 1.165) is 16.3 Å². The maximum absolute atomic E-state index is 12.6. The Kier molecular flexibility index (Phi) is 5.43. The fourth-order valence-electron chi connectivity index (χ4n) is 2.83. The Morgan fingerprint density at radius 1 is 1.04 bits per heavy atom. The maximum atomic E-state index is 12.6. The molecule has 3 N–H and O–H groups in total. The number of nitrogens with two attached hydrogens (primary N) is 1. The van der Waals surface area contributed by atoms with Crippen molar-refractivity contribution in [1.29, 1.82) is 0 Å². The number of fused-ring (bicyclic) bond motifs is 1. The summed E-state index contributed by atoms with van der Waals surface area (Å²) in [6.07, 6.45) is 0.562. The zero-order chi connectivity index (χ0) is 19.4.